The zero-order valence-electron chi connectivity index (χ0n) is 37.8. The average Bonchev–Trinajstić information content (AvgIpc) is 3.87. The standard InChI is InChI=1S/C58H51N5O/c1-35-16-14-17-36(2)55(35)43-26-45-32-46(27-43)64-53-30-42(28-50-49(53)24-25-62-40(6)39(5)59-57(50)62)51-29-44(56-37(3)18-15-19-38(56)4)31-54(60-51)58(7,8)61-33-52(63(45)34-61)48-23-13-12-22-47(48)41-20-10-9-11-21-41/h9-33H,34H2,1-8H3. The Labute approximate surface area is 375 Å². The molecule has 6 heteroatoms. The lowest BCUT2D eigenvalue weighted by atomic mass is 9.90. The first-order chi connectivity index (χ1) is 30.9. The van der Waals surface area contributed by atoms with E-state index in [4.69, 9.17) is 14.7 Å². The van der Waals surface area contributed by atoms with Gasteiger partial charge in [-0.05, 0) is 153 Å². The van der Waals surface area contributed by atoms with Gasteiger partial charge < -0.3 is 18.9 Å². The van der Waals surface area contributed by atoms with Crippen molar-refractivity contribution in [2.75, 3.05) is 11.6 Å². The van der Waals surface area contributed by atoms with Crippen LogP contribution in [0.15, 0.2) is 152 Å². The van der Waals surface area contributed by atoms with Gasteiger partial charge >= 0.3 is 0 Å². The number of hydrogen-bond donors (Lipinski definition) is 0. The average molecular weight is 834 g/mol. The molecule has 0 saturated heterocycles. The van der Waals surface area contributed by atoms with Gasteiger partial charge in [-0.15, -0.1) is 0 Å². The van der Waals surface area contributed by atoms with Crippen LogP contribution in [0.25, 0.3) is 66.8 Å². The summed E-state index contributed by atoms with van der Waals surface area (Å²) in [5, 5.41) is 2.00. The Balaban J connectivity index is 1.24. The van der Waals surface area contributed by atoms with Gasteiger partial charge in [0.1, 0.15) is 17.1 Å². The zero-order chi connectivity index (χ0) is 44.0. The maximum Gasteiger partial charge on any atom is 0.145 e. The van der Waals surface area contributed by atoms with Crippen molar-refractivity contribution in [2.45, 2.75) is 60.9 Å². The number of imidazole rings is 1. The number of pyridine rings is 2. The summed E-state index contributed by atoms with van der Waals surface area (Å²) in [5.74, 6) is 1.51. The summed E-state index contributed by atoms with van der Waals surface area (Å²) in [4.78, 5) is 15.7. The third kappa shape index (κ3) is 6.39. The Bertz CT molecular complexity index is 3350. The zero-order valence-corrected chi connectivity index (χ0v) is 37.8. The minimum Gasteiger partial charge on any atom is -0.457 e. The second kappa shape index (κ2) is 14.8. The van der Waals surface area contributed by atoms with Gasteiger partial charge in [0.05, 0.1) is 35.0 Å². The van der Waals surface area contributed by atoms with E-state index in [-0.39, 0.29) is 0 Å². The number of ether oxygens (including phenoxy) is 1. The van der Waals surface area contributed by atoms with Crippen molar-refractivity contribution in [2.24, 2.45) is 0 Å². The summed E-state index contributed by atoms with van der Waals surface area (Å²) in [6, 6.07) is 50.6. The van der Waals surface area contributed by atoms with E-state index in [0.29, 0.717) is 6.67 Å². The van der Waals surface area contributed by atoms with Crippen LogP contribution in [0.3, 0.4) is 0 Å². The Morgan fingerprint density at radius 3 is 1.92 bits per heavy atom. The monoisotopic (exact) mass is 833 g/mol. The molecule has 6 nitrogen and oxygen atoms in total. The van der Waals surface area contributed by atoms with Gasteiger partial charge in [0.25, 0.3) is 0 Å². The topological polar surface area (TPSA) is 45.9 Å². The van der Waals surface area contributed by atoms with Gasteiger partial charge in [0, 0.05) is 51.7 Å². The molecule has 6 aromatic carbocycles. The normalized spacial score (nSPS) is 14.2. The third-order valence-corrected chi connectivity index (χ3v) is 13.7. The molecule has 2 aliphatic heterocycles. The molecule has 0 N–H and O–H groups in total. The van der Waals surface area contributed by atoms with Crippen molar-refractivity contribution in [3.8, 4) is 56.1 Å². The fraction of sp³-hybridized carbons (Fsp3) is 0.172. The van der Waals surface area contributed by atoms with E-state index < -0.39 is 5.54 Å². The fourth-order valence-corrected chi connectivity index (χ4v) is 10.1. The second-order valence-electron chi connectivity index (χ2n) is 18.2. The van der Waals surface area contributed by atoms with E-state index in [1.165, 1.54) is 44.5 Å². The maximum atomic E-state index is 7.33. The molecule has 5 heterocycles. The van der Waals surface area contributed by atoms with Crippen LogP contribution in [0.1, 0.15) is 58.7 Å². The number of benzene rings is 6. The second-order valence-corrected chi connectivity index (χ2v) is 18.2. The molecule has 0 unspecified atom stereocenters. The van der Waals surface area contributed by atoms with Crippen molar-refractivity contribution >= 4 is 27.8 Å². The molecule has 0 atom stereocenters. The van der Waals surface area contributed by atoms with Gasteiger partial charge in [0.15, 0.2) is 0 Å². The molecule has 0 radical (unpaired) electrons. The minimum absolute atomic E-state index is 0.555. The van der Waals surface area contributed by atoms with Crippen LogP contribution in [0.2, 0.25) is 0 Å². The lowest BCUT2D eigenvalue weighted by Gasteiger charge is -2.37. The quantitative estimate of drug-likeness (QED) is 0.177. The van der Waals surface area contributed by atoms with Gasteiger partial charge in [-0.3, -0.25) is 4.98 Å². The van der Waals surface area contributed by atoms with Crippen molar-refractivity contribution < 1.29 is 4.74 Å². The molecule has 11 rings (SSSR count). The predicted octanol–water partition coefficient (Wildman–Crippen LogP) is 14.5. The summed E-state index contributed by atoms with van der Waals surface area (Å²) >= 11 is 0. The number of aromatic nitrogens is 3. The van der Waals surface area contributed by atoms with Crippen molar-refractivity contribution in [1.82, 2.24) is 19.3 Å². The molecule has 0 saturated carbocycles. The van der Waals surface area contributed by atoms with Gasteiger partial charge in [-0.25, -0.2) is 4.98 Å². The van der Waals surface area contributed by atoms with E-state index in [2.05, 4.69) is 222 Å². The van der Waals surface area contributed by atoms with Crippen molar-refractivity contribution in [1.29, 1.82) is 0 Å². The summed E-state index contributed by atoms with van der Waals surface area (Å²) in [6.45, 7) is 18.2. The van der Waals surface area contributed by atoms with Crippen LogP contribution in [0.4, 0.5) is 5.69 Å². The van der Waals surface area contributed by atoms with Crippen LogP contribution >= 0.6 is 0 Å². The van der Waals surface area contributed by atoms with Crippen LogP contribution in [0, 0.1) is 41.5 Å². The number of hydrogen-bond acceptors (Lipinski definition) is 5. The Hall–Kier alpha value is -7.44. The lowest BCUT2D eigenvalue weighted by Crippen LogP contribution is -2.40. The van der Waals surface area contributed by atoms with Crippen LogP contribution in [-0.2, 0) is 5.54 Å². The maximum absolute atomic E-state index is 7.33. The Kier molecular flexibility index (Phi) is 9.14. The highest BCUT2D eigenvalue weighted by Gasteiger charge is 2.37. The largest absolute Gasteiger partial charge is 0.457 e. The van der Waals surface area contributed by atoms with Crippen LogP contribution < -0.4 is 9.64 Å². The first-order valence-electron chi connectivity index (χ1n) is 22.2. The number of fused-ring (bicyclic) bond motifs is 14. The van der Waals surface area contributed by atoms with E-state index in [1.54, 1.807) is 0 Å². The molecule has 0 amide bonds. The highest BCUT2D eigenvalue weighted by atomic mass is 16.5. The Morgan fingerprint density at radius 2 is 1.22 bits per heavy atom. The van der Waals surface area contributed by atoms with E-state index in [9.17, 15) is 0 Å². The predicted molar refractivity (Wildman–Crippen MR) is 264 cm³/mol. The van der Waals surface area contributed by atoms with Gasteiger partial charge in [-0.2, -0.15) is 0 Å². The van der Waals surface area contributed by atoms with E-state index in [0.717, 1.165) is 84.3 Å². The number of rotatable bonds is 4. The molecule has 0 spiro atoms. The highest BCUT2D eigenvalue weighted by Crippen LogP contribution is 2.47. The first kappa shape index (κ1) is 39.4. The van der Waals surface area contributed by atoms with Crippen LogP contribution in [-0.4, -0.2) is 25.9 Å². The highest BCUT2D eigenvalue weighted by molar-refractivity contribution is 6.01. The minimum atomic E-state index is -0.555. The number of anilines is 1. The first-order valence-corrected chi connectivity index (χ1v) is 22.2. The van der Waals surface area contributed by atoms with Crippen molar-refractivity contribution in [3.63, 3.8) is 0 Å². The van der Waals surface area contributed by atoms with Crippen LogP contribution in [0.5, 0.6) is 11.5 Å². The molecule has 64 heavy (non-hydrogen) atoms. The molecule has 8 bridgehead atoms. The SMILES string of the molecule is Cc1cccc(C)c1-c1cc2cc(c1)N1CN(C=C1c1ccccc1-c1ccccc1)C(C)(C)c1cc(-c3c(C)cccc3C)cc(n1)-c1cc(c3ccn4c(C)c(C)nc4c3c1)O2. The molecule has 0 fully saturated rings. The molecule has 2 aliphatic rings. The number of aryl methyl sites for hydroxylation is 6. The van der Waals surface area contributed by atoms with Gasteiger partial charge in [-0.1, -0.05) is 91.0 Å². The van der Waals surface area contributed by atoms with Crippen molar-refractivity contribution in [3.05, 3.63) is 197 Å². The molecule has 3 aromatic heterocycles. The number of nitrogens with zero attached hydrogens (tertiary/aromatic N) is 5. The molecule has 0 aliphatic carbocycles. The summed E-state index contributed by atoms with van der Waals surface area (Å²) in [7, 11) is 0. The molecular weight excluding hydrogens is 783 g/mol. The smallest absolute Gasteiger partial charge is 0.145 e. The Morgan fingerprint density at radius 1 is 0.562 bits per heavy atom. The third-order valence-electron chi connectivity index (χ3n) is 13.7. The van der Waals surface area contributed by atoms with E-state index in [1.807, 2.05) is 0 Å². The summed E-state index contributed by atoms with van der Waals surface area (Å²) in [6.07, 6.45) is 4.48. The molecule has 9 aromatic rings. The molecule has 314 valence electrons. The van der Waals surface area contributed by atoms with Gasteiger partial charge in [0.2, 0.25) is 0 Å². The fourth-order valence-electron chi connectivity index (χ4n) is 10.1. The summed E-state index contributed by atoms with van der Waals surface area (Å²) < 4.78 is 9.52. The molecular formula is C58H51N5O. The summed E-state index contributed by atoms with van der Waals surface area (Å²) in [5.41, 5.74) is 20.5. The van der Waals surface area contributed by atoms with E-state index >= 15 is 0 Å². The lowest BCUT2D eigenvalue weighted by molar-refractivity contribution is 0.196.